The third-order valence-corrected chi connectivity index (χ3v) is 2.80. The molecular weight excluding hydrogens is 227 g/mol. The smallest absolute Gasteiger partial charge is 0.137 e. The molecule has 0 saturated heterocycles. The average molecular weight is 238 g/mol. The van der Waals surface area contributed by atoms with Crippen molar-refractivity contribution < 1.29 is 8.81 Å². The second-order valence-corrected chi connectivity index (χ2v) is 4.01. The lowest BCUT2D eigenvalue weighted by Gasteiger charge is -1.99. The van der Waals surface area contributed by atoms with Gasteiger partial charge in [-0.3, -0.25) is 0 Å². The van der Waals surface area contributed by atoms with Crippen molar-refractivity contribution in [3.8, 4) is 22.6 Å². The van der Waals surface area contributed by atoms with Gasteiger partial charge in [-0.1, -0.05) is 42.5 Å². The first-order chi connectivity index (χ1) is 8.84. The van der Waals surface area contributed by atoms with Crippen LogP contribution in [0.25, 0.3) is 22.6 Å². The molecule has 1 heterocycles. The van der Waals surface area contributed by atoms with Gasteiger partial charge in [-0.15, -0.1) is 0 Å². The van der Waals surface area contributed by atoms with Gasteiger partial charge in [-0.2, -0.15) is 0 Å². The van der Waals surface area contributed by atoms with E-state index in [-0.39, 0.29) is 5.82 Å². The summed E-state index contributed by atoms with van der Waals surface area (Å²) in [5, 5.41) is 0. The standard InChI is InChI=1S/C16H11FO/c17-14-9-5-4-8-13(14)16-11-10-15(18-16)12-6-2-1-3-7-12/h1-11H. The molecule has 1 aromatic heterocycles. The summed E-state index contributed by atoms with van der Waals surface area (Å²) in [4.78, 5) is 0. The summed E-state index contributed by atoms with van der Waals surface area (Å²) in [7, 11) is 0. The SMILES string of the molecule is Fc1ccccc1-c1ccc(-c2ccccc2)o1. The fourth-order valence-corrected chi connectivity index (χ4v) is 1.90. The molecule has 18 heavy (non-hydrogen) atoms. The molecule has 0 N–H and O–H groups in total. The minimum Gasteiger partial charge on any atom is -0.456 e. The van der Waals surface area contributed by atoms with Gasteiger partial charge in [-0.25, -0.2) is 4.39 Å². The van der Waals surface area contributed by atoms with Gasteiger partial charge in [0.15, 0.2) is 0 Å². The van der Waals surface area contributed by atoms with Crippen molar-refractivity contribution >= 4 is 0 Å². The topological polar surface area (TPSA) is 13.1 Å². The van der Waals surface area contributed by atoms with Gasteiger partial charge in [0.05, 0.1) is 5.56 Å². The maximum absolute atomic E-state index is 13.6. The Bertz CT molecular complexity index is 656. The maximum Gasteiger partial charge on any atom is 0.137 e. The highest BCUT2D eigenvalue weighted by molar-refractivity contribution is 5.65. The largest absolute Gasteiger partial charge is 0.456 e. The molecule has 0 fully saturated rings. The lowest BCUT2D eigenvalue weighted by Crippen LogP contribution is -1.79. The molecule has 2 heteroatoms. The fraction of sp³-hybridized carbons (Fsp3) is 0. The summed E-state index contributed by atoms with van der Waals surface area (Å²) in [6, 6.07) is 20.0. The highest BCUT2D eigenvalue weighted by Gasteiger charge is 2.09. The van der Waals surface area contributed by atoms with E-state index in [1.807, 2.05) is 36.4 Å². The van der Waals surface area contributed by atoms with Crippen LogP contribution in [0.4, 0.5) is 4.39 Å². The van der Waals surface area contributed by atoms with Crippen molar-refractivity contribution in [2.75, 3.05) is 0 Å². The van der Waals surface area contributed by atoms with E-state index in [1.54, 1.807) is 24.3 Å². The van der Waals surface area contributed by atoms with Crippen molar-refractivity contribution in [3.63, 3.8) is 0 Å². The first-order valence-electron chi connectivity index (χ1n) is 5.75. The van der Waals surface area contributed by atoms with Gasteiger partial charge in [0.1, 0.15) is 17.3 Å². The number of furan rings is 1. The molecule has 0 saturated carbocycles. The van der Waals surface area contributed by atoms with E-state index in [1.165, 1.54) is 6.07 Å². The Hall–Kier alpha value is -2.35. The van der Waals surface area contributed by atoms with Crippen LogP contribution in [0.5, 0.6) is 0 Å². The molecule has 0 atom stereocenters. The summed E-state index contributed by atoms with van der Waals surface area (Å²) < 4.78 is 19.3. The van der Waals surface area contributed by atoms with Crippen LogP contribution < -0.4 is 0 Å². The summed E-state index contributed by atoms with van der Waals surface area (Å²) >= 11 is 0. The Morgan fingerprint density at radius 1 is 0.667 bits per heavy atom. The molecule has 1 nitrogen and oxygen atoms in total. The van der Waals surface area contributed by atoms with E-state index in [9.17, 15) is 4.39 Å². The van der Waals surface area contributed by atoms with Crippen molar-refractivity contribution in [2.45, 2.75) is 0 Å². The highest BCUT2D eigenvalue weighted by Crippen LogP contribution is 2.29. The van der Waals surface area contributed by atoms with Crippen molar-refractivity contribution in [1.82, 2.24) is 0 Å². The number of halogens is 1. The molecule has 0 amide bonds. The zero-order valence-corrected chi connectivity index (χ0v) is 9.64. The Balaban J connectivity index is 2.03. The predicted molar refractivity (Wildman–Crippen MR) is 69.5 cm³/mol. The molecule has 0 aliphatic heterocycles. The molecule has 88 valence electrons. The van der Waals surface area contributed by atoms with E-state index in [2.05, 4.69) is 0 Å². The lowest BCUT2D eigenvalue weighted by atomic mass is 10.1. The van der Waals surface area contributed by atoms with Crippen LogP contribution in [0.3, 0.4) is 0 Å². The van der Waals surface area contributed by atoms with Gasteiger partial charge in [0, 0.05) is 5.56 Å². The summed E-state index contributed by atoms with van der Waals surface area (Å²) in [5.41, 5.74) is 1.47. The Labute approximate surface area is 105 Å². The fourth-order valence-electron chi connectivity index (χ4n) is 1.90. The Morgan fingerprint density at radius 2 is 1.33 bits per heavy atom. The molecule has 0 bridgehead atoms. The molecule has 0 unspecified atom stereocenters. The van der Waals surface area contributed by atoms with Crippen LogP contribution in [-0.2, 0) is 0 Å². The zero-order valence-electron chi connectivity index (χ0n) is 9.64. The maximum atomic E-state index is 13.6. The monoisotopic (exact) mass is 238 g/mol. The summed E-state index contributed by atoms with van der Waals surface area (Å²) in [6.45, 7) is 0. The molecule has 0 radical (unpaired) electrons. The quantitative estimate of drug-likeness (QED) is 0.627. The summed E-state index contributed by atoms with van der Waals surface area (Å²) in [5.74, 6) is 1.02. The molecule has 0 aliphatic carbocycles. The van der Waals surface area contributed by atoms with Crippen LogP contribution in [0.2, 0.25) is 0 Å². The number of benzene rings is 2. The second kappa shape index (κ2) is 4.49. The van der Waals surface area contributed by atoms with Crippen LogP contribution >= 0.6 is 0 Å². The molecule has 3 aromatic rings. The first-order valence-corrected chi connectivity index (χ1v) is 5.75. The Kier molecular flexibility index (Phi) is 2.69. The average Bonchev–Trinajstić information content (AvgIpc) is 2.90. The predicted octanol–water partition coefficient (Wildman–Crippen LogP) is 4.75. The number of hydrogen-bond donors (Lipinski definition) is 0. The van der Waals surface area contributed by atoms with Crippen LogP contribution in [0, 0.1) is 5.82 Å². The Morgan fingerprint density at radius 3 is 2.11 bits per heavy atom. The van der Waals surface area contributed by atoms with E-state index >= 15 is 0 Å². The number of hydrogen-bond acceptors (Lipinski definition) is 1. The first kappa shape index (κ1) is 10.8. The summed E-state index contributed by atoms with van der Waals surface area (Å²) in [6.07, 6.45) is 0. The molecule has 3 rings (SSSR count). The molecule has 2 aromatic carbocycles. The number of rotatable bonds is 2. The van der Waals surface area contributed by atoms with Crippen LogP contribution in [-0.4, -0.2) is 0 Å². The van der Waals surface area contributed by atoms with Crippen molar-refractivity contribution in [3.05, 3.63) is 72.5 Å². The van der Waals surface area contributed by atoms with Gasteiger partial charge in [0.2, 0.25) is 0 Å². The highest BCUT2D eigenvalue weighted by atomic mass is 19.1. The van der Waals surface area contributed by atoms with Gasteiger partial charge in [0.25, 0.3) is 0 Å². The third-order valence-electron chi connectivity index (χ3n) is 2.80. The van der Waals surface area contributed by atoms with E-state index < -0.39 is 0 Å². The molecule has 0 spiro atoms. The lowest BCUT2D eigenvalue weighted by molar-refractivity contribution is 0.581. The third kappa shape index (κ3) is 1.93. The minimum atomic E-state index is -0.272. The van der Waals surface area contributed by atoms with Crippen LogP contribution in [0.15, 0.2) is 71.1 Å². The van der Waals surface area contributed by atoms with Gasteiger partial charge < -0.3 is 4.42 Å². The van der Waals surface area contributed by atoms with Crippen LogP contribution in [0.1, 0.15) is 0 Å². The molecule has 0 aliphatic rings. The van der Waals surface area contributed by atoms with Crippen molar-refractivity contribution in [2.24, 2.45) is 0 Å². The zero-order chi connectivity index (χ0) is 12.4. The van der Waals surface area contributed by atoms with Gasteiger partial charge in [-0.05, 0) is 24.3 Å². The minimum absolute atomic E-state index is 0.272. The van der Waals surface area contributed by atoms with Gasteiger partial charge >= 0.3 is 0 Å². The van der Waals surface area contributed by atoms with E-state index in [0.29, 0.717) is 11.3 Å². The second-order valence-electron chi connectivity index (χ2n) is 4.01. The van der Waals surface area contributed by atoms with E-state index in [0.717, 1.165) is 11.3 Å². The molecular formula is C16H11FO. The normalized spacial score (nSPS) is 10.5. The van der Waals surface area contributed by atoms with Crippen molar-refractivity contribution in [1.29, 1.82) is 0 Å². The van der Waals surface area contributed by atoms with E-state index in [4.69, 9.17) is 4.42 Å².